The molecule has 1 fully saturated rings. The van der Waals surface area contributed by atoms with E-state index in [9.17, 15) is 0 Å². The number of morpholine rings is 1. The Morgan fingerprint density at radius 1 is 1.47 bits per heavy atom. The molecule has 3 nitrogen and oxygen atoms in total. The molecule has 1 aromatic carbocycles. The van der Waals surface area contributed by atoms with Gasteiger partial charge in [0, 0.05) is 16.1 Å². The maximum absolute atomic E-state index is 6.04. The van der Waals surface area contributed by atoms with Gasteiger partial charge < -0.3 is 14.8 Å². The molecular formula is C13H18ClNO2. The minimum Gasteiger partial charge on any atom is -0.496 e. The van der Waals surface area contributed by atoms with Crippen LogP contribution in [0.5, 0.6) is 5.75 Å². The Bertz CT molecular complexity index is 406. The normalized spacial score (nSPS) is 23.4. The summed E-state index contributed by atoms with van der Waals surface area (Å²) in [5, 5.41) is 4.26. The second kappa shape index (κ2) is 4.84. The first-order valence-corrected chi connectivity index (χ1v) is 6.08. The van der Waals surface area contributed by atoms with Gasteiger partial charge in [-0.25, -0.2) is 0 Å². The van der Waals surface area contributed by atoms with E-state index in [1.54, 1.807) is 7.11 Å². The number of ether oxygens (including phenoxy) is 2. The first-order valence-electron chi connectivity index (χ1n) is 5.71. The standard InChI is InChI=1S/C13H18ClNO2/c1-13(2)8-17-7-11(15-13)10-6-9(14)4-5-12(10)16-3/h4-6,11,15H,7-8H2,1-3H3. The number of benzene rings is 1. The lowest BCUT2D eigenvalue weighted by Crippen LogP contribution is -2.51. The Kier molecular flexibility index (Phi) is 3.61. The van der Waals surface area contributed by atoms with Gasteiger partial charge in [-0.3, -0.25) is 0 Å². The molecule has 1 heterocycles. The summed E-state index contributed by atoms with van der Waals surface area (Å²) in [7, 11) is 1.67. The SMILES string of the molecule is COc1ccc(Cl)cc1C1COCC(C)(C)N1. The van der Waals surface area contributed by atoms with E-state index in [0.717, 1.165) is 11.3 Å². The first kappa shape index (κ1) is 12.7. The zero-order valence-electron chi connectivity index (χ0n) is 10.4. The van der Waals surface area contributed by atoms with Crippen molar-refractivity contribution in [3.8, 4) is 5.75 Å². The zero-order valence-corrected chi connectivity index (χ0v) is 11.2. The maximum Gasteiger partial charge on any atom is 0.123 e. The fraction of sp³-hybridized carbons (Fsp3) is 0.538. The highest BCUT2D eigenvalue weighted by molar-refractivity contribution is 6.30. The lowest BCUT2D eigenvalue weighted by atomic mass is 9.98. The van der Waals surface area contributed by atoms with E-state index < -0.39 is 0 Å². The maximum atomic E-state index is 6.04. The molecule has 1 aromatic rings. The summed E-state index contributed by atoms with van der Waals surface area (Å²) < 4.78 is 11.0. The number of hydrogen-bond donors (Lipinski definition) is 1. The summed E-state index contributed by atoms with van der Waals surface area (Å²) in [4.78, 5) is 0. The van der Waals surface area contributed by atoms with E-state index >= 15 is 0 Å². The summed E-state index contributed by atoms with van der Waals surface area (Å²) >= 11 is 6.04. The highest BCUT2D eigenvalue weighted by Crippen LogP contribution is 2.31. The van der Waals surface area contributed by atoms with Crippen LogP contribution in [0.3, 0.4) is 0 Å². The minimum atomic E-state index is -0.0315. The van der Waals surface area contributed by atoms with E-state index in [-0.39, 0.29) is 11.6 Å². The molecule has 0 saturated carbocycles. The van der Waals surface area contributed by atoms with Crippen molar-refractivity contribution in [3.63, 3.8) is 0 Å². The Morgan fingerprint density at radius 3 is 2.88 bits per heavy atom. The van der Waals surface area contributed by atoms with Crippen molar-refractivity contribution in [1.29, 1.82) is 0 Å². The fourth-order valence-corrected chi connectivity index (χ4v) is 2.31. The smallest absolute Gasteiger partial charge is 0.123 e. The minimum absolute atomic E-state index is 0.0315. The second-order valence-electron chi connectivity index (χ2n) is 4.98. The van der Waals surface area contributed by atoms with Crippen molar-refractivity contribution in [2.45, 2.75) is 25.4 Å². The van der Waals surface area contributed by atoms with E-state index in [4.69, 9.17) is 21.1 Å². The molecule has 1 unspecified atom stereocenters. The first-order chi connectivity index (χ1) is 8.02. The van der Waals surface area contributed by atoms with Crippen LogP contribution in [0.25, 0.3) is 0 Å². The van der Waals surface area contributed by atoms with E-state index in [0.29, 0.717) is 18.2 Å². The molecular weight excluding hydrogens is 238 g/mol. The number of methoxy groups -OCH3 is 1. The highest BCUT2D eigenvalue weighted by atomic mass is 35.5. The molecule has 1 aliphatic rings. The van der Waals surface area contributed by atoms with E-state index in [1.165, 1.54) is 0 Å². The van der Waals surface area contributed by atoms with Crippen LogP contribution >= 0.6 is 11.6 Å². The van der Waals surface area contributed by atoms with Crippen molar-refractivity contribution < 1.29 is 9.47 Å². The zero-order chi connectivity index (χ0) is 12.5. The van der Waals surface area contributed by atoms with Crippen LogP contribution in [0.4, 0.5) is 0 Å². The van der Waals surface area contributed by atoms with Crippen molar-refractivity contribution in [2.24, 2.45) is 0 Å². The third kappa shape index (κ3) is 2.92. The average molecular weight is 256 g/mol. The van der Waals surface area contributed by atoms with Gasteiger partial charge >= 0.3 is 0 Å². The van der Waals surface area contributed by atoms with Crippen LogP contribution in [0, 0.1) is 0 Å². The van der Waals surface area contributed by atoms with E-state index in [1.807, 2.05) is 18.2 Å². The van der Waals surface area contributed by atoms with Gasteiger partial charge in [0.1, 0.15) is 5.75 Å². The molecule has 4 heteroatoms. The molecule has 0 amide bonds. The molecule has 0 aromatic heterocycles. The summed E-state index contributed by atoms with van der Waals surface area (Å²) in [6.45, 7) is 5.60. The summed E-state index contributed by atoms with van der Waals surface area (Å²) in [5.41, 5.74) is 1.02. The molecule has 2 rings (SSSR count). The molecule has 17 heavy (non-hydrogen) atoms. The third-order valence-corrected chi connectivity index (χ3v) is 3.11. The van der Waals surface area contributed by atoms with Crippen molar-refractivity contribution in [3.05, 3.63) is 28.8 Å². The van der Waals surface area contributed by atoms with E-state index in [2.05, 4.69) is 19.2 Å². The molecule has 0 aliphatic carbocycles. The van der Waals surface area contributed by atoms with Crippen LogP contribution in [0.2, 0.25) is 5.02 Å². The monoisotopic (exact) mass is 255 g/mol. The number of halogens is 1. The van der Waals surface area contributed by atoms with Crippen LogP contribution in [-0.2, 0) is 4.74 Å². The van der Waals surface area contributed by atoms with Crippen molar-refractivity contribution in [2.75, 3.05) is 20.3 Å². The predicted octanol–water partition coefficient (Wildman–Crippen LogP) is 2.79. The molecule has 0 radical (unpaired) electrons. The van der Waals surface area contributed by atoms with Crippen LogP contribution in [0.15, 0.2) is 18.2 Å². The van der Waals surface area contributed by atoms with Gasteiger partial charge in [-0.1, -0.05) is 11.6 Å². The molecule has 0 spiro atoms. The Labute approximate surface area is 107 Å². The van der Waals surface area contributed by atoms with Gasteiger partial charge in [-0.05, 0) is 32.0 Å². The molecule has 1 saturated heterocycles. The summed E-state index contributed by atoms with van der Waals surface area (Å²) in [6, 6.07) is 5.77. The Morgan fingerprint density at radius 2 is 2.24 bits per heavy atom. The Balaban J connectivity index is 2.29. The molecule has 0 bridgehead atoms. The van der Waals surface area contributed by atoms with Crippen LogP contribution in [-0.4, -0.2) is 25.9 Å². The summed E-state index contributed by atoms with van der Waals surface area (Å²) in [6.07, 6.45) is 0. The second-order valence-corrected chi connectivity index (χ2v) is 5.42. The van der Waals surface area contributed by atoms with Gasteiger partial charge in [0.05, 0.1) is 26.4 Å². The summed E-state index contributed by atoms with van der Waals surface area (Å²) in [5.74, 6) is 0.841. The molecule has 94 valence electrons. The number of nitrogens with one attached hydrogen (secondary N) is 1. The molecule has 1 aliphatic heterocycles. The van der Waals surface area contributed by atoms with Crippen LogP contribution in [0.1, 0.15) is 25.5 Å². The number of hydrogen-bond acceptors (Lipinski definition) is 3. The largest absolute Gasteiger partial charge is 0.496 e. The van der Waals surface area contributed by atoms with Crippen molar-refractivity contribution in [1.82, 2.24) is 5.32 Å². The Hall–Kier alpha value is -0.770. The van der Waals surface area contributed by atoms with Gasteiger partial charge in [-0.2, -0.15) is 0 Å². The molecule has 1 atom stereocenters. The van der Waals surface area contributed by atoms with Crippen molar-refractivity contribution >= 4 is 11.6 Å². The lowest BCUT2D eigenvalue weighted by molar-refractivity contribution is 0.0122. The topological polar surface area (TPSA) is 30.5 Å². The molecule has 1 N–H and O–H groups in total. The van der Waals surface area contributed by atoms with Gasteiger partial charge in [0.25, 0.3) is 0 Å². The highest BCUT2D eigenvalue weighted by Gasteiger charge is 2.30. The number of rotatable bonds is 2. The quantitative estimate of drug-likeness (QED) is 0.882. The predicted molar refractivity (Wildman–Crippen MR) is 68.8 cm³/mol. The van der Waals surface area contributed by atoms with Gasteiger partial charge in [0.15, 0.2) is 0 Å². The lowest BCUT2D eigenvalue weighted by Gasteiger charge is -2.37. The fourth-order valence-electron chi connectivity index (χ4n) is 2.13. The van der Waals surface area contributed by atoms with Crippen LogP contribution < -0.4 is 10.1 Å². The van der Waals surface area contributed by atoms with Gasteiger partial charge in [0.2, 0.25) is 0 Å². The average Bonchev–Trinajstić information content (AvgIpc) is 2.27. The third-order valence-electron chi connectivity index (χ3n) is 2.88. The van der Waals surface area contributed by atoms with Gasteiger partial charge in [-0.15, -0.1) is 0 Å².